The Hall–Kier alpha value is -4.15. The number of carbonyl (C=O) groups is 3. The van der Waals surface area contributed by atoms with Gasteiger partial charge in [-0.05, 0) is 68.1 Å². The molecule has 42 heavy (non-hydrogen) atoms. The van der Waals surface area contributed by atoms with Crippen LogP contribution in [0.3, 0.4) is 0 Å². The molecule has 1 aromatic heterocycles. The minimum atomic E-state index is -1.06. The molecule has 0 radical (unpaired) electrons. The Bertz CT molecular complexity index is 1480. The van der Waals surface area contributed by atoms with Crippen molar-refractivity contribution < 1.29 is 33.5 Å². The number of amides is 2. The first-order valence-corrected chi connectivity index (χ1v) is 14.1. The number of anilines is 1. The van der Waals surface area contributed by atoms with Gasteiger partial charge in [0.05, 0.1) is 24.2 Å². The first-order chi connectivity index (χ1) is 20.2. The van der Waals surface area contributed by atoms with Crippen LogP contribution in [0, 0.1) is 0 Å². The largest absolute Gasteiger partial charge is 0.499 e. The second kappa shape index (κ2) is 12.4. The fourth-order valence-electron chi connectivity index (χ4n) is 5.65. The number of nitrogens with zero attached hydrogens (tertiary/aromatic N) is 2. The van der Waals surface area contributed by atoms with Crippen LogP contribution in [0.2, 0.25) is 5.02 Å². The molecule has 2 aliphatic heterocycles. The van der Waals surface area contributed by atoms with Crippen LogP contribution in [-0.4, -0.2) is 58.8 Å². The molecule has 2 unspecified atom stereocenters. The summed E-state index contributed by atoms with van der Waals surface area (Å²) in [6, 6.07) is 12.1. The van der Waals surface area contributed by atoms with Gasteiger partial charge < -0.3 is 29.3 Å². The molecule has 1 fully saturated rings. The Balaban J connectivity index is 1.50. The minimum Gasteiger partial charge on any atom is -0.499 e. The summed E-state index contributed by atoms with van der Waals surface area (Å²) in [7, 11) is 1.53. The van der Waals surface area contributed by atoms with Crippen LogP contribution in [0.5, 0.6) is 0 Å². The van der Waals surface area contributed by atoms with E-state index in [0.717, 1.165) is 30.4 Å². The van der Waals surface area contributed by atoms with Crippen molar-refractivity contribution in [3.8, 4) is 11.3 Å². The number of carboxylic acids is 1. The highest BCUT2D eigenvalue weighted by Gasteiger charge is 2.45. The van der Waals surface area contributed by atoms with Gasteiger partial charge in [0.2, 0.25) is 11.8 Å². The Morgan fingerprint density at radius 3 is 2.64 bits per heavy atom. The zero-order valence-corrected chi connectivity index (χ0v) is 24.1. The zero-order valence-electron chi connectivity index (χ0n) is 23.3. The summed E-state index contributed by atoms with van der Waals surface area (Å²) < 4.78 is 16.9. The average molecular weight is 594 g/mol. The summed E-state index contributed by atoms with van der Waals surface area (Å²) in [5.41, 5.74) is 1.67. The maximum Gasteiger partial charge on any atom is 0.335 e. The molecule has 220 valence electrons. The lowest BCUT2D eigenvalue weighted by Gasteiger charge is -2.41. The van der Waals surface area contributed by atoms with Crippen LogP contribution in [0.25, 0.3) is 11.3 Å². The molecule has 3 heterocycles. The summed E-state index contributed by atoms with van der Waals surface area (Å²) in [5, 5.41) is 16.6. The van der Waals surface area contributed by atoms with Crippen molar-refractivity contribution in [1.29, 1.82) is 0 Å². The Morgan fingerprint density at radius 1 is 1.21 bits per heavy atom. The molecule has 5 rings (SSSR count). The maximum atomic E-state index is 14.0. The van der Waals surface area contributed by atoms with Crippen molar-refractivity contribution in [2.75, 3.05) is 19.0 Å². The number of carbonyl (C=O) groups excluding carboxylic acids is 2. The van der Waals surface area contributed by atoms with E-state index in [1.165, 1.54) is 42.5 Å². The van der Waals surface area contributed by atoms with Crippen molar-refractivity contribution in [1.82, 2.24) is 10.1 Å². The summed E-state index contributed by atoms with van der Waals surface area (Å²) in [6.45, 7) is 2.50. The minimum absolute atomic E-state index is 0.000476. The molecular weight excluding hydrogens is 562 g/mol. The summed E-state index contributed by atoms with van der Waals surface area (Å²) in [4.78, 5) is 40.4. The standard InChI is InChI=1S/C31H32ClN3O7/c1-31(24-15-20(32)8-11-23(24)25-12-14-42-34-25)17-28(36)35(18-27(31)40-2)26(16-22-5-3-4-13-41-22)29(37)33-21-9-6-19(7-10-21)30(38)39/h6-12,14-15,18,22,26H,3-5,13,16-17H2,1-2H3,(H,33,37)(H,38,39)/t22-,26?,31?/m0/s1. The molecule has 0 spiro atoms. The monoisotopic (exact) mass is 593 g/mol. The number of allylic oxidation sites excluding steroid dienone is 1. The predicted molar refractivity (Wildman–Crippen MR) is 155 cm³/mol. The molecule has 3 aromatic rings. The molecule has 0 aliphatic carbocycles. The van der Waals surface area contributed by atoms with Gasteiger partial charge in [-0.3, -0.25) is 9.59 Å². The lowest BCUT2D eigenvalue weighted by Crippen LogP contribution is -2.51. The van der Waals surface area contributed by atoms with E-state index < -0.39 is 23.3 Å². The molecule has 3 atom stereocenters. The van der Waals surface area contributed by atoms with Gasteiger partial charge in [-0.2, -0.15) is 0 Å². The predicted octanol–water partition coefficient (Wildman–Crippen LogP) is 5.64. The van der Waals surface area contributed by atoms with Crippen LogP contribution in [0.1, 0.15) is 54.9 Å². The number of methoxy groups -OCH3 is 1. The van der Waals surface area contributed by atoms with Crippen LogP contribution in [0.4, 0.5) is 5.69 Å². The lowest BCUT2D eigenvalue weighted by molar-refractivity contribution is -0.139. The number of aromatic nitrogens is 1. The Morgan fingerprint density at radius 2 is 2.00 bits per heavy atom. The van der Waals surface area contributed by atoms with E-state index in [1.54, 1.807) is 24.4 Å². The number of benzene rings is 2. The smallest absolute Gasteiger partial charge is 0.335 e. The fraction of sp³-hybridized carbons (Fsp3) is 0.355. The number of hydrogen-bond acceptors (Lipinski definition) is 7. The van der Waals surface area contributed by atoms with Crippen molar-refractivity contribution in [3.63, 3.8) is 0 Å². The first kappa shape index (κ1) is 29.3. The second-order valence-corrected chi connectivity index (χ2v) is 11.1. The Labute approximate surface area is 248 Å². The van der Waals surface area contributed by atoms with E-state index in [-0.39, 0.29) is 30.4 Å². The first-order valence-electron chi connectivity index (χ1n) is 13.7. The maximum absolute atomic E-state index is 14.0. The molecule has 0 saturated carbocycles. The molecular formula is C31H32ClN3O7. The van der Waals surface area contributed by atoms with Gasteiger partial charge in [0.25, 0.3) is 0 Å². The SMILES string of the molecule is COC1=CN(C(C[C@@H]2CCCCO2)C(=O)Nc2ccc(C(=O)O)cc2)C(=O)CC1(C)c1cc(Cl)ccc1-c1ccon1. The number of aromatic carboxylic acids is 1. The van der Waals surface area contributed by atoms with E-state index >= 15 is 0 Å². The van der Waals surface area contributed by atoms with Crippen molar-refractivity contribution in [2.24, 2.45) is 0 Å². The summed E-state index contributed by atoms with van der Waals surface area (Å²) in [5.74, 6) is -1.28. The second-order valence-electron chi connectivity index (χ2n) is 10.7. The van der Waals surface area contributed by atoms with E-state index in [1.807, 2.05) is 13.0 Å². The molecule has 11 heteroatoms. The Kier molecular flexibility index (Phi) is 8.65. The number of carboxylic acid groups (broad SMARTS) is 1. The molecule has 2 N–H and O–H groups in total. The quantitative estimate of drug-likeness (QED) is 0.326. The number of nitrogens with one attached hydrogen (secondary N) is 1. The molecule has 10 nitrogen and oxygen atoms in total. The zero-order chi connectivity index (χ0) is 29.9. The summed E-state index contributed by atoms with van der Waals surface area (Å²) >= 11 is 6.42. The third-order valence-electron chi connectivity index (χ3n) is 7.90. The third-order valence-corrected chi connectivity index (χ3v) is 8.14. The topological polar surface area (TPSA) is 131 Å². The van der Waals surface area contributed by atoms with Crippen LogP contribution >= 0.6 is 11.6 Å². The van der Waals surface area contributed by atoms with Gasteiger partial charge >= 0.3 is 5.97 Å². The lowest BCUT2D eigenvalue weighted by atomic mass is 9.73. The van der Waals surface area contributed by atoms with Gasteiger partial charge in [0.15, 0.2) is 0 Å². The molecule has 0 bridgehead atoms. The normalized spacial score (nSPS) is 21.4. The number of rotatable bonds is 9. The van der Waals surface area contributed by atoms with Crippen LogP contribution < -0.4 is 5.32 Å². The van der Waals surface area contributed by atoms with E-state index in [9.17, 15) is 19.5 Å². The average Bonchev–Trinajstić information content (AvgIpc) is 3.52. The van der Waals surface area contributed by atoms with E-state index in [0.29, 0.717) is 28.8 Å². The van der Waals surface area contributed by atoms with Crippen LogP contribution in [0.15, 0.2) is 71.3 Å². The summed E-state index contributed by atoms with van der Waals surface area (Å²) in [6.07, 6.45) is 5.86. The van der Waals surface area contributed by atoms with Gasteiger partial charge in [-0.25, -0.2) is 4.79 Å². The van der Waals surface area contributed by atoms with E-state index in [2.05, 4.69) is 10.5 Å². The highest BCUT2D eigenvalue weighted by molar-refractivity contribution is 6.30. The van der Waals surface area contributed by atoms with Crippen molar-refractivity contribution in [2.45, 2.75) is 56.6 Å². The molecule has 2 amide bonds. The molecule has 2 aromatic carbocycles. The highest BCUT2D eigenvalue weighted by Crippen LogP contribution is 2.45. The van der Waals surface area contributed by atoms with Gasteiger partial charge in [0.1, 0.15) is 23.8 Å². The molecule has 2 aliphatic rings. The van der Waals surface area contributed by atoms with Gasteiger partial charge in [-0.1, -0.05) is 22.8 Å². The molecule has 1 saturated heterocycles. The van der Waals surface area contributed by atoms with Crippen molar-refractivity contribution in [3.05, 3.63) is 82.9 Å². The third kappa shape index (κ3) is 6.05. The number of halogens is 1. The van der Waals surface area contributed by atoms with Gasteiger partial charge in [-0.15, -0.1) is 0 Å². The van der Waals surface area contributed by atoms with Crippen LogP contribution in [-0.2, 0) is 24.5 Å². The van der Waals surface area contributed by atoms with Crippen molar-refractivity contribution >= 4 is 35.1 Å². The van der Waals surface area contributed by atoms with Gasteiger partial charge in [0, 0.05) is 48.0 Å². The van der Waals surface area contributed by atoms with E-state index in [4.69, 9.17) is 25.6 Å². The fourth-order valence-corrected chi connectivity index (χ4v) is 5.82. The number of hydrogen-bond donors (Lipinski definition) is 2. The number of ether oxygens (including phenoxy) is 2. The highest BCUT2D eigenvalue weighted by atomic mass is 35.5.